The molecule has 3 heteroatoms. The van der Waals surface area contributed by atoms with Crippen LogP contribution in [0.15, 0.2) is 18.3 Å². The Morgan fingerprint density at radius 3 is 2.79 bits per heavy atom. The fraction of sp³-hybridized carbons (Fsp3) is 0.545. The van der Waals surface area contributed by atoms with Crippen molar-refractivity contribution in [2.24, 2.45) is 0 Å². The van der Waals surface area contributed by atoms with E-state index in [2.05, 4.69) is 40.9 Å². The van der Waals surface area contributed by atoms with Gasteiger partial charge in [0.2, 0.25) is 0 Å². The van der Waals surface area contributed by atoms with E-state index in [9.17, 15) is 0 Å². The minimum atomic E-state index is 0.977. The highest BCUT2D eigenvalue weighted by Gasteiger charge is 2.16. The zero-order valence-corrected chi connectivity index (χ0v) is 8.90. The number of aromatic nitrogens is 1. The first kappa shape index (κ1) is 9.62. The van der Waals surface area contributed by atoms with Gasteiger partial charge in [0.1, 0.15) is 0 Å². The first-order chi connectivity index (χ1) is 6.74. The van der Waals surface area contributed by atoms with Crippen molar-refractivity contribution in [1.29, 1.82) is 0 Å². The average Bonchev–Trinajstić information content (AvgIpc) is 2.56. The molecule has 3 nitrogen and oxygen atoms in total. The molecule has 1 aromatic heterocycles. The lowest BCUT2D eigenvalue weighted by atomic mass is 10.2. The van der Waals surface area contributed by atoms with Crippen LogP contribution in [0.4, 0.5) is 0 Å². The summed E-state index contributed by atoms with van der Waals surface area (Å²) in [4.78, 5) is 9.15. The SMILES string of the molecule is Cc1ccc(CN2CCN(C)C2)nc1. The highest BCUT2D eigenvalue weighted by Crippen LogP contribution is 2.07. The summed E-state index contributed by atoms with van der Waals surface area (Å²) in [5.41, 5.74) is 2.40. The van der Waals surface area contributed by atoms with E-state index in [0.29, 0.717) is 0 Å². The van der Waals surface area contributed by atoms with E-state index in [-0.39, 0.29) is 0 Å². The smallest absolute Gasteiger partial charge is 0.0544 e. The van der Waals surface area contributed by atoms with Crippen LogP contribution in [0.3, 0.4) is 0 Å². The molecule has 1 aromatic rings. The number of pyridine rings is 1. The van der Waals surface area contributed by atoms with Crippen LogP contribution in [0.2, 0.25) is 0 Å². The van der Waals surface area contributed by atoms with Crippen LogP contribution in [0.25, 0.3) is 0 Å². The lowest BCUT2D eigenvalue weighted by Gasteiger charge is -2.14. The molecular formula is C11H17N3. The monoisotopic (exact) mass is 191 g/mol. The van der Waals surface area contributed by atoms with Gasteiger partial charge >= 0.3 is 0 Å². The number of likely N-dealkylation sites (N-methyl/N-ethyl adjacent to an activating group) is 1. The van der Waals surface area contributed by atoms with Crippen molar-refractivity contribution in [3.63, 3.8) is 0 Å². The van der Waals surface area contributed by atoms with Crippen molar-refractivity contribution >= 4 is 0 Å². The molecule has 0 spiro atoms. The molecule has 0 unspecified atom stereocenters. The van der Waals surface area contributed by atoms with E-state index < -0.39 is 0 Å². The van der Waals surface area contributed by atoms with Crippen LogP contribution in [0.1, 0.15) is 11.3 Å². The molecule has 1 aliphatic heterocycles. The van der Waals surface area contributed by atoms with Gasteiger partial charge in [-0.1, -0.05) is 6.07 Å². The molecule has 0 aliphatic carbocycles. The fourth-order valence-corrected chi connectivity index (χ4v) is 1.75. The quantitative estimate of drug-likeness (QED) is 0.697. The van der Waals surface area contributed by atoms with Gasteiger partial charge in [-0.05, 0) is 25.6 Å². The zero-order valence-electron chi connectivity index (χ0n) is 8.90. The molecule has 0 radical (unpaired) electrons. The Kier molecular flexibility index (Phi) is 2.79. The van der Waals surface area contributed by atoms with Gasteiger partial charge in [-0.15, -0.1) is 0 Å². The van der Waals surface area contributed by atoms with Crippen LogP contribution in [0, 0.1) is 6.92 Å². The second-order valence-corrected chi connectivity index (χ2v) is 4.10. The zero-order chi connectivity index (χ0) is 9.97. The average molecular weight is 191 g/mol. The number of hydrogen-bond acceptors (Lipinski definition) is 3. The van der Waals surface area contributed by atoms with E-state index in [1.165, 1.54) is 17.8 Å². The van der Waals surface area contributed by atoms with Gasteiger partial charge in [0.05, 0.1) is 12.4 Å². The van der Waals surface area contributed by atoms with Gasteiger partial charge in [-0.3, -0.25) is 14.8 Å². The standard InChI is InChI=1S/C11H17N3/c1-10-3-4-11(12-7-10)8-14-6-5-13(2)9-14/h3-4,7H,5-6,8-9H2,1-2H3. The lowest BCUT2D eigenvalue weighted by Crippen LogP contribution is -2.22. The van der Waals surface area contributed by atoms with Gasteiger partial charge in [0.15, 0.2) is 0 Å². The molecule has 0 aromatic carbocycles. The summed E-state index contributed by atoms with van der Waals surface area (Å²) in [5.74, 6) is 0. The molecule has 0 N–H and O–H groups in total. The maximum absolute atomic E-state index is 4.41. The van der Waals surface area contributed by atoms with Crippen LogP contribution in [0.5, 0.6) is 0 Å². The maximum Gasteiger partial charge on any atom is 0.0544 e. The van der Waals surface area contributed by atoms with Crippen LogP contribution < -0.4 is 0 Å². The number of nitrogens with zero attached hydrogens (tertiary/aromatic N) is 3. The third-order valence-electron chi connectivity index (χ3n) is 2.60. The molecule has 0 amide bonds. The summed E-state index contributed by atoms with van der Waals surface area (Å²) < 4.78 is 0. The van der Waals surface area contributed by atoms with Crippen molar-refractivity contribution in [2.45, 2.75) is 13.5 Å². The third kappa shape index (κ3) is 2.30. The minimum Gasteiger partial charge on any atom is -0.292 e. The highest BCUT2D eigenvalue weighted by atomic mass is 15.4. The molecule has 2 rings (SSSR count). The van der Waals surface area contributed by atoms with Crippen molar-refractivity contribution in [1.82, 2.24) is 14.8 Å². The lowest BCUT2D eigenvalue weighted by molar-refractivity contribution is 0.265. The molecule has 1 saturated heterocycles. The molecule has 0 saturated carbocycles. The fourth-order valence-electron chi connectivity index (χ4n) is 1.75. The second kappa shape index (κ2) is 4.07. The number of aryl methyl sites for hydroxylation is 1. The van der Waals surface area contributed by atoms with E-state index in [0.717, 1.165) is 19.8 Å². The topological polar surface area (TPSA) is 19.4 Å². The van der Waals surface area contributed by atoms with Crippen molar-refractivity contribution in [2.75, 3.05) is 26.8 Å². The number of rotatable bonds is 2. The van der Waals surface area contributed by atoms with Gasteiger partial charge in [-0.25, -0.2) is 0 Å². The Morgan fingerprint density at radius 2 is 2.21 bits per heavy atom. The summed E-state index contributed by atoms with van der Waals surface area (Å²) in [6, 6.07) is 4.25. The molecule has 14 heavy (non-hydrogen) atoms. The van der Waals surface area contributed by atoms with Crippen LogP contribution >= 0.6 is 0 Å². The van der Waals surface area contributed by atoms with E-state index >= 15 is 0 Å². The first-order valence-corrected chi connectivity index (χ1v) is 5.06. The summed E-state index contributed by atoms with van der Waals surface area (Å²) in [6.07, 6.45) is 1.94. The third-order valence-corrected chi connectivity index (χ3v) is 2.60. The Balaban J connectivity index is 1.94. The summed E-state index contributed by atoms with van der Waals surface area (Å²) in [6.45, 7) is 6.44. The Morgan fingerprint density at radius 1 is 1.36 bits per heavy atom. The van der Waals surface area contributed by atoms with Crippen molar-refractivity contribution in [3.8, 4) is 0 Å². The van der Waals surface area contributed by atoms with E-state index in [4.69, 9.17) is 0 Å². The maximum atomic E-state index is 4.41. The predicted octanol–water partition coefficient (Wildman–Crippen LogP) is 1.09. The second-order valence-electron chi connectivity index (χ2n) is 4.10. The van der Waals surface area contributed by atoms with Gasteiger partial charge in [0, 0.05) is 25.8 Å². The molecule has 0 atom stereocenters. The molecule has 0 bridgehead atoms. The predicted molar refractivity (Wildman–Crippen MR) is 56.9 cm³/mol. The van der Waals surface area contributed by atoms with Crippen LogP contribution in [-0.4, -0.2) is 41.6 Å². The van der Waals surface area contributed by atoms with E-state index in [1.807, 2.05) is 6.20 Å². The molecule has 1 fully saturated rings. The van der Waals surface area contributed by atoms with Crippen molar-refractivity contribution in [3.05, 3.63) is 29.6 Å². The molecule has 2 heterocycles. The molecule has 76 valence electrons. The Bertz CT molecular complexity index is 294. The normalized spacial score (nSPS) is 19.0. The first-order valence-electron chi connectivity index (χ1n) is 5.06. The Hall–Kier alpha value is -0.930. The molecule has 1 aliphatic rings. The summed E-state index contributed by atoms with van der Waals surface area (Å²) in [7, 11) is 2.16. The van der Waals surface area contributed by atoms with Gasteiger partial charge in [-0.2, -0.15) is 0 Å². The summed E-state index contributed by atoms with van der Waals surface area (Å²) >= 11 is 0. The van der Waals surface area contributed by atoms with Gasteiger partial charge in [0.25, 0.3) is 0 Å². The van der Waals surface area contributed by atoms with E-state index in [1.54, 1.807) is 0 Å². The highest BCUT2D eigenvalue weighted by molar-refractivity contribution is 5.12. The molecular weight excluding hydrogens is 174 g/mol. The number of hydrogen-bond donors (Lipinski definition) is 0. The van der Waals surface area contributed by atoms with Crippen LogP contribution in [-0.2, 0) is 6.54 Å². The summed E-state index contributed by atoms with van der Waals surface area (Å²) in [5, 5.41) is 0. The largest absolute Gasteiger partial charge is 0.292 e. The minimum absolute atomic E-state index is 0.977. The van der Waals surface area contributed by atoms with Crippen molar-refractivity contribution < 1.29 is 0 Å². The van der Waals surface area contributed by atoms with Gasteiger partial charge < -0.3 is 0 Å². The Labute approximate surface area is 85.4 Å².